The minimum Gasteiger partial charge on any atom is -0.396 e. The fraction of sp³-hybridized carbons (Fsp3) is 1.00. The number of unbranched alkanes of at least 4 members (excludes halogenated alkanes) is 1. The standard InChI is InChI=1S/C4H11O3P/c5-3-1-2-4-8(6)7/h5,8H,1-4H2,(H,6,7). The third-order valence-electron chi connectivity index (χ3n) is 0.799. The zero-order valence-corrected chi connectivity index (χ0v) is 5.63. The summed E-state index contributed by atoms with van der Waals surface area (Å²) in [7, 11) is -2.27. The van der Waals surface area contributed by atoms with E-state index < -0.39 is 8.03 Å². The molecule has 4 heteroatoms. The molecule has 1 unspecified atom stereocenters. The average Bonchev–Trinajstić information content (AvgIpc) is 1.66. The number of hydrogen-bond acceptors (Lipinski definition) is 2. The molecule has 50 valence electrons. The maximum atomic E-state index is 9.98. The van der Waals surface area contributed by atoms with E-state index in [1.54, 1.807) is 0 Å². The number of rotatable bonds is 4. The molecule has 0 saturated carbocycles. The average molecular weight is 138 g/mol. The van der Waals surface area contributed by atoms with Gasteiger partial charge in [0.15, 0.2) is 8.03 Å². The minimum atomic E-state index is -2.27. The van der Waals surface area contributed by atoms with Crippen molar-refractivity contribution in [3.05, 3.63) is 0 Å². The van der Waals surface area contributed by atoms with E-state index in [0.29, 0.717) is 19.0 Å². The highest BCUT2D eigenvalue weighted by atomic mass is 31.1. The minimum absolute atomic E-state index is 0.120. The van der Waals surface area contributed by atoms with E-state index in [4.69, 9.17) is 10.00 Å². The van der Waals surface area contributed by atoms with Gasteiger partial charge in [-0.2, -0.15) is 0 Å². The summed E-state index contributed by atoms with van der Waals surface area (Å²) in [6.07, 6.45) is 1.65. The molecule has 1 atom stereocenters. The Hall–Kier alpha value is 0.150. The SMILES string of the molecule is O=[PH](O)CCCCO. The molecule has 3 nitrogen and oxygen atoms in total. The lowest BCUT2D eigenvalue weighted by atomic mass is 10.4. The van der Waals surface area contributed by atoms with Gasteiger partial charge in [0, 0.05) is 12.8 Å². The van der Waals surface area contributed by atoms with Crippen molar-refractivity contribution < 1.29 is 14.6 Å². The second-order valence-electron chi connectivity index (χ2n) is 1.57. The van der Waals surface area contributed by atoms with Crippen LogP contribution in [0.25, 0.3) is 0 Å². The van der Waals surface area contributed by atoms with E-state index in [2.05, 4.69) is 0 Å². The summed E-state index contributed by atoms with van der Waals surface area (Å²) < 4.78 is 9.98. The maximum Gasteiger partial charge on any atom is 0.189 e. The van der Waals surface area contributed by atoms with Crippen LogP contribution >= 0.6 is 8.03 Å². The summed E-state index contributed by atoms with van der Waals surface area (Å²) in [4.78, 5) is 8.24. The molecular formula is C4H11O3P. The van der Waals surface area contributed by atoms with E-state index in [1.165, 1.54) is 0 Å². The van der Waals surface area contributed by atoms with Gasteiger partial charge in [-0.15, -0.1) is 0 Å². The zero-order valence-electron chi connectivity index (χ0n) is 4.63. The second-order valence-corrected chi connectivity index (χ2v) is 2.86. The van der Waals surface area contributed by atoms with E-state index >= 15 is 0 Å². The van der Waals surface area contributed by atoms with E-state index in [9.17, 15) is 4.57 Å². The molecule has 8 heavy (non-hydrogen) atoms. The van der Waals surface area contributed by atoms with Gasteiger partial charge in [-0.05, 0) is 12.8 Å². The lowest BCUT2D eigenvalue weighted by Gasteiger charge is -1.90. The predicted octanol–water partition coefficient (Wildman–Crippen LogP) is 0.226. The summed E-state index contributed by atoms with van der Waals surface area (Å²) >= 11 is 0. The first-order chi connectivity index (χ1) is 3.77. The van der Waals surface area contributed by atoms with Crippen LogP contribution in [0.2, 0.25) is 0 Å². The first kappa shape index (κ1) is 8.15. The van der Waals surface area contributed by atoms with E-state index in [-0.39, 0.29) is 6.61 Å². The molecule has 0 aromatic rings. The van der Waals surface area contributed by atoms with Crippen molar-refractivity contribution in [1.82, 2.24) is 0 Å². The smallest absolute Gasteiger partial charge is 0.189 e. The Morgan fingerprint density at radius 2 is 2.00 bits per heavy atom. The van der Waals surface area contributed by atoms with Gasteiger partial charge >= 0.3 is 0 Å². The number of aliphatic hydroxyl groups is 1. The highest BCUT2D eigenvalue weighted by molar-refractivity contribution is 7.37. The topological polar surface area (TPSA) is 57.5 Å². The monoisotopic (exact) mass is 138 g/mol. The summed E-state index contributed by atoms with van der Waals surface area (Å²) in [5.41, 5.74) is 0. The third-order valence-corrected chi connectivity index (χ3v) is 1.58. The second kappa shape index (κ2) is 5.29. The van der Waals surface area contributed by atoms with Crippen molar-refractivity contribution in [3.63, 3.8) is 0 Å². The molecule has 0 rings (SSSR count). The molecule has 2 N–H and O–H groups in total. The van der Waals surface area contributed by atoms with Crippen LogP contribution in [0.4, 0.5) is 0 Å². The van der Waals surface area contributed by atoms with Gasteiger partial charge in [0.25, 0.3) is 0 Å². The Morgan fingerprint density at radius 3 is 2.38 bits per heavy atom. The summed E-state index contributed by atoms with van der Waals surface area (Å²) in [5, 5.41) is 8.21. The largest absolute Gasteiger partial charge is 0.396 e. The molecule has 0 fully saturated rings. The van der Waals surface area contributed by atoms with Crippen molar-refractivity contribution in [2.24, 2.45) is 0 Å². The lowest BCUT2D eigenvalue weighted by Crippen LogP contribution is -1.83. The quantitative estimate of drug-likeness (QED) is 0.431. The molecule has 0 aliphatic rings. The van der Waals surface area contributed by atoms with Crippen LogP contribution in [0.5, 0.6) is 0 Å². The van der Waals surface area contributed by atoms with Crippen molar-refractivity contribution >= 4 is 8.03 Å². The molecule has 0 saturated heterocycles. The van der Waals surface area contributed by atoms with Crippen molar-refractivity contribution in [1.29, 1.82) is 0 Å². The molecule has 0 aliphatic heterocycles. The van der Waals surface area contributed by atoms with Gasteiger partial charge in [0.2, 0.25) is 0 Å². The van der Waals surface area contributed by atoms with E-state index in [0.717, 1.165) is 0 Å². The van der Waals surface area contributed by atoms with Crippen LogP contribution in [0.3, 0.4) is 0 Å². The van der Waals surface area contributed by atoms with Crippen molar-refractivity contribution in [2.75, 3.05) is 12.8 Å². The summed E-state index contributed by atoms with van der Waals surface area (Å²) in [6.45, 7) is 0.120. The van der Waals surface area contributed by atoms with Crippen LogP contribution in [0.15, 0.2) is 0 Å². The first-order valence-corrected chi connectivity index (χ1v) is 4.16. The third kappa shape index (κ3) is 6.15. The summed E-state index contributed by atoms with van der Waals surface area (Å²) in [5.74, 6) is 0. The lowest BCUT2D eigenvalue weighted by molar-refractivity contribution is 0.287. The van der Waals surface area contributed by atoms with Crippen molar-refractivity contribution in [2.45, 2.75) is 12.8 Å². The Bertz CT molecular complexity index is 73.7. The van der Waals surface area contributed by atoms with Crippen molar-refractivity contribution in [3.8, 4) is 0 Å². The molecule has 0 aromatic carbocycles. The summed E-state index contributed by atoms with van der Waals surface area (Å²) in [6, 6.07) is 0. The van der Waals surface area contributed by atoms with Gasteiger partial charge in [-0.1, -0.05) is 0 Å². The van der Waals surface area contributed by atoms with E-state index in [1.807, 2.05) is 0 Å². The molecule has 0 aliphatic carbocycles. The molecule has 0 bridgehead atoms. The Morgan fingerprint density at radius 1 is 1.38 bits per heavy atom. The molecule has 0 spiro atoms. The zero-order chi connectivity index (χ0) is 6.41. The van der Waals surface area contributed by atoms with Gasteiger partial charge in [-0.3, -0.25) is 4.57 Å². The molecule has 0 amide bonds. The predicted molar refractivity (Wildman–Crippen MR) is 32.4 cm³/mol. The molecule has 0 heterocycles. The van der Waals surface area contributed by atoms with Gasteiger partial charge in [0.05, 0.1) is 0 Å². The normalized spacial score (nSPS) is 13.8. The van der Waals surface area contributed by atoms with Crippen LogP contribution < -0.4 is 0 Å². The maximum absolute atomic E-state index is 9.98. The Balaban J connectivity index is 2.82. The Labute approximate surface area is 49.2 Å². The van der Waals surface area contributed by atoms with Crippen LogP contribution in [-0.4, -0.2) is 22.8 Å². The van der Waals surface area contributed by atoms with Gasteiger partial charge in [-0.25, -0.2) is 0 Å². The fourth-order valence-electron chi connectivity index (χ4n) is 0.388. The molecule has 0 aromatic heterocycles. The number of hydrogen-bond donors (Lipinski definition) is 2. The van der Waals surface area contributed by atoms with Gasteiger partial charge in [0.1, 0.15) is 0 Å². The Kier molecular flexibility index (Phi) is 5.39. The molecule has 0 radical (unpaired) electrons. The first-order valence-electron chi connectivity index (χ1n) is 2.60. The highest BCUT2D eigenvalue weighted by Crippen LogP contribution is 2.14. The van der Waals surface area contributed by atoms with Crippen LogP contribution in [0, 0.1) is 0 Å². The molecular weight excluding hydrogens is 127 g/mol. The van der Waals surface area contributed by atoms with Gasteiger partial charge < -0.3 is 10.00 Å². The van der Waals surface area contributed by atoms with Crippen LogP contribution in [-0.2, 0) is 4.57 Å². The fourth-order valence-corrected chi connectivity index (χ4v) is 0.940. The number of aliphatic hydroxyl groups excluding tert-OH is 1. The highest BCUT2D eigenvalue weighted by Gasteiger charge is 1.90. The van der Waals surface area contributed by atoms with Crippen LogP contribution in [0.1, 0.15) is 12.8 Å².